The van der Waals surface area contributed by atoms with Gasteiger partial charge in [-0.3, -0.25) is 0 Å². The van der Waals surface area contributed by atoms with Crippen molar-refractivity contribution in [3.63, 3.8) is 0 Å². The minimum Gasteiger partial charge on any atom is -0.320 e. The van der Waals surface area contributed by atoms with E-state index in [-0.39, 0.29) is 11.4 Å². The zero-order chi connectivity index (χ0) is 14.1. The van der Waals surface area contributed by atoms with Gasteiger partial charge in [-0.05, 0) is 17.7 Å². The van der Waals surface area contributed by atoms with E-state index in [1.54, 1.807) is 4.57 Å². The Morgan fingerprint density at radius 1 is 1.05 bits per heavy atom. The topological polar surface area (TPSA) is 17.8 Å². The smallest absolute Gasteiger partial charge is 0.184 e. The fourth-order valence-electron chi connectivity index (χ4n) is 2.24. The summed E-state index contributed by atoms with van der Waals surface area (Å²) in [5.41, 5.74) is 1.54. The van der Waals surface area contributed by atoms with E-state index in [1.807, 2.05) is 30.3 Å². The van der Waals surface area contributed by atoms with E-state index < -0.39 is 11.6 Å². The number of hydrogen-bond acceptors (Lipinski definition) is 1. The SMILES string of the molecule is Fc1ccc2nc(CCl)n(Cc3ccccc3)c2c1F. The second-order valence-corrected chi connectivity index (χ2v) is 4.73. The summed E-state index contributed by atoms with van der Waals surface area (Å²) < 4.78 is 29.1. The first-order chi connectivity index (χ1) is 9.70. The number of nitrogens with zero attached hydrogens (tertiary/aromatic N) is 2. The monoisotopic (exact) mass is 292 g/mol. The van der Waals surface area contributed by atoms with Gasteiger partial charge >= 0.3 is 0 Å². The summed E-state index contributed by atoms with van der Waals surface area (Å²) in [7, 11) is 0. The maximum atomic E-state index is 14.0. The van der Waals surface area contributed by atoms with Gasteiger partial charge in [-0.15, -0.1) is 11.6 Å². The third-order valence-corrected chi connectivity index (χ3v) is 3.42. The molecule has 0 fully saturated rings. The Bertz CT molecular complexity index is 753. The van der Waals surface area contributed by atoms with Crippen LogP contribution in [0, 0.1) is 11.6 Å². The third-order valence-electron chi connectivity index (χ3n) is 3.18. The van der Waals surface area contributed by atoms with Crippen molar-refractivity contribution in [3.8, 4) is 0 Å². The highest BCUT2D eigenvalue weighted by molar-refractivity contribution is 6.16. The van der Waals surface area contributed by atoms with E-state index in [2.05, 4.69) is 4.98 Å². The van der Waals surface area contributed by atoms with Gasteiger partial charge in [0.25, 0.3) is 0 Å². The first kappa shape index (κ1) is 13.1. The normalized spacial score (nSPS) is 11.2. The number of aromatic nitrogens is 2. The van der Waals surface area contributed by atoms with E-state index in [0.717, 1.165) is 11.6 Å². The van der Waals surface area contributed by atoms with Gasteiger partial charge in [0.1, 0.15) is 11.3 Å². The lowest BCUT2D eigenvalue weighted by molar-refractivity contribution is 0.512. The van der Waals surface area contributed by atoms with Crippen molar-refractivity contribution in [1.82, 2.24) is 9.55 Å². The molecule has 20 heavy (non-hydrogen) atoms. The van der Waals surface area contributed by atoms with Crippen molar-refractivity contribution in [2.75, 3.05) is 0 Å². The molecule has 0 aliphatic rings. The van der Waals surface area contributed by atoms with Crippen LogP contribution in [0.5, 0.6) is 0 Å². The minimum atomic E-state index is -0.887. The number of halogens is 3. The van der Waals surface area contributed by atoms with Crippen LogP contribution in [0.1, 0.15) is 11.4 Å². The van der Waals surface area contributed by atoms with Gasteiger partial charge in [-0.2, -0.15) is 0 Å². The lowest BCUT2D eigenvalue weighted by Crippen LogP contribution is -2.05. The molecule has 0 saturated heterocycles. The van der Waals surface area contributed by atoms with Gasteiger partial charge < -0.3 is 4.57 Å². The van der Waals surface area contributed by atoms with Crippen LogP contribution in [0.2, 0.25) is 0 Å². The molecule has 3 rings (SSSR count). The third kappa shape index (κ3) is 2.16. The van der Waals surface area contributed by atoms with Crippen LogP contribution in [0.15, 0.2) is 42.5 Å². The molecule has 1 aromatic heterocycles. The highest BCUT2D eigenvalue weighted by atomic mass is 35.5. The molecule has 3 aromatic rings. The Balaban J connectivity index is 2.19. The second kappa shape index (κ2) is 5.21. The quantitative estimate of drug-likeness (QED) is 0.665. The molecule has 0 aliphatic heterocycles. The lowest BCUT2D eigenvalue weighted by atomic mass is 10.2. The Morgan fingerprint density at radius 3 is 2.50 bits per heavy atom. The zero-order valence-electron chi connectivity index (χ0n) is 10.5. The van der Waals surface area contributed by atoms with Crippen molar-refractivity contribution in [2.24, 2.45) is 0 Å². The number of rotatable bonds is 3. The first-order valence-electron chi connectivity index (χ1n) is 6.13. The zero-order valence-corrected chi connectivity index (χ0v) is 11.2. The predicted octanol–water partition coefficient (Wildman–Crippen LogP) is 4.10. The van der Waals surface area contributed by atoms with Crippen LogP contribution in [-0.2, 0) is 12.4 Å². The first-order valence-corrected chi connectivity index (χ1v) is 6.67. The van der Waals surface area contributed by atoms with E-state index in [9.17, 15) is 8.78 Å². The Morgan fingerprint density at radius 2 is 1.80 bits per heavy atom. The second-order valence-electron chi connectivity index (χ2n) is 4.46. The van der Waals surface area contributed by atoms with Crippen molar-refractivity contribution in [2.45, 2.75) is 12.4 Å². The highest BCUT2D eigenvalue weighted by Crippen LogP contribution is 2.23. The molecule has 5 heteroatoms. The maximum Gasteiger partial charge on any atom is 0.184 e. The molecule has 0 unspecified atom stereocenters. The summed E-state index contributed by atoms with van der Waals surface area (Å²) in [6, 6.07) is 12.1. The van der Waals surface area contributed by atoms with E-state index >= 15 is 0 Å². The van der Waals surface area contributed by atoms with Crippen LogP contribution in [-0.4, -0.2) is 9.55 Å². The molecule has 0 N–H and O–H groups in total. The van der Waals surface area contributed by atoms with E-state index in [4.69, 9.17) is 11.6 Å². The van der Waals surface area contributed by atoms with Crippen LogP contribution in [0.25, 0.3) is 11.0 Å². The van der Waals surface area contributed by atoms with Gasteiger partial charge in [0.15, 0.2) is 11.6 Å². The molecule has 0 amide bonds. The Kier molecular flexibility index (Phi) is 3.40. The summed E-state index contributed by atoms with van der Waals surface area (Å²) in [4.78, 5) is 4.25. The van der Waals surface area contributed by atoms with Gasteiger partial charge in [-0.25, -0.2) is 13.8 Å². The summed E-state index contributed by atoms with van der Waals surface area (Å²) in [6.07, 6.45) is 0. The molecule has 0 radical (unpaired) electrons. The lowest BCUT2D eigenvalue weighted by Gasteiger charge is -2.08. The summed E-state index contributed by atoms with van der Waals surface area (Å²) >= 11 is 5.86. The number of benzene rings is 2. The molecule has 0 spiro atoms. The molecule has 1 heterocycles. The molecule has 102 valence electrons. The molecule has 0 saturated carbocycles. The van der Waals surface area contributed by atoms with Crippen LogP contribution >= 0.6 is 11.6 Å². The fraction of sp³-hybridized carbons (Fsp3) is 0.133. The average molecular weight is 293 g/mol. The van der Waals surface area contributed by atoms with Crippen molar-refractivity contribution >= 4 is 22.6 Å². The van der Waals surface area contributed by atoms with Gasteiger partial charge in [0, 0.05) is 6.54 Å². The summed E-state index contributed by atoms with van der Waals surface area (Å²) in [5.74, 6) is -1.10. The van der Waals surface area contributed by atoms with Crippen molar-refractivity contribution in [3.05, 3.63) is 65.5 Å². The van der Waals surface area contributed by atoms with Gasteiger partial charge in [0.05, 0.1) is 11.4 Å². The molecule has 0 bridgehead atoms. The standard InChI is InChI=1S/C15H11ClF2N2/c16-8-13-19-12-7-6-11(17)14(18)15(12)20(13)9-10-4-2-1-3-5-10/h1-7H,8-9H2. The summed E-state index contributed by atoms with van der Waals surface area (Å²) in [6.45, 7) is 0.403. The minimum absolute atomic E-state index is 0.141. The molecule has 2 nitrogen and oxygen atoms in total. The highest BCUT2D eigenvalue weighted by Gasteiger charge is 2.17. The van der Waals surface area contributed by atoms with E-state index in [1.165, 1.54) is 6.07 Å². The molecule has 0 aliphatic carbocycles. The Hall–Kier alpha value is -1.94. The predicted molar refractivity (Wildman–Crippen MR) is 74.8 cm³/mol. The fourth-order valence-corrected chi connectivity index (χ4v) is 2.45. The largest absolute Gasteiger partial charge is 0.320 e. The number of imidazole rings is 1. The van der Waals surface area contributed by atoms with Crippen molar-refractivity contribution in [1.29, 1.82) is 0 Å². The maximum absolute atomic E-state index is 14.0. The van der Waals surface area contributed by atoms with Crippen LogP contribution in [0.3, 0.4) is 0 Å². The van der Waals surface area contributed by atoms with Crippen LogP contribution < -0.4 is 0 Å². The molecule has 2 aromatic carbocycles. The van der Waals surface area contributed by atoms with E-state index in [0.29, 0.717) is 17.9 Å². The van der Waals surface area contributed by atoms with Gasteiger partial charge in [-0.1, -0.05) is 30.3 Å². The number of fused-ring (bicyclic) bond motifs is 1. The number of hydrogen-bond donors (Lipinski definition) is 0. The number of alkyl halides is 1. The summed E-state index contributed by atoms with van der Waals surface area (Å²) in [5, 5.41) is 0. The molecular weight excluding hydrogens is 282 g/mol. The van der Waals surface area contributed by atoms with Crippen LogP contribution in [0.4, 0.5) is 8.78 Å². The molecule has 0 atom stereocenters. The van der Waals surface area contributed by atoms with Crippen molar-refractivity contribution < 1.29 is 8.78 Å². The Labute approximate surface area is 119 Å². The molecular formula is C15H11ClF2N2. The average Bonchev–Trinajstić information content (AvgIpc) is 2.83. The van der Waals surface area contributed by atoms with Gasteiger partial charge in [0.2, 0.25) is 0 Å².